The molecular formula is C13H12N2O3. The third-order valence-corrected chi connectivity index (χ3v) is 2.78. The summed E-state index contributed by atoms with van der Waals surface area (Å²) in [4.78, 5) is 26.4. The van der Waals surface area contributed by atoms with Crippen molar-refractivity contribution in [2.24, 2.45) is 0 Å². The Labute approximate surface area is 103 Å². The maximum absolute atomic E-state index is 12.2. The van der Waals surface area contributed by atoms with Gasteiger partial charge in [0.15, 0.2) is 0 Å². The van der Waals surface area contributed by atoms with E-state index in [-0.39, 0.29) is 11.9 Å². The van der Waals surface area contributed by atoms with Crippen LogP contribution in [0.2, 0.25) is 0 Å². The average molecular weight is 244 g/mol. The van der Waals surface area contributed by atoms with Gasteiger partial charge in [-0.2, -0.15) is 0 Å². The number of nitrogens with one attached hydrogen (secondary N) is 1. The maximum Gasteiger partial charge on any atom is 0.333 e. The largest absolute Gasteiger partial charge is 0.483 e. The van der Waals surface area contributed by atoms with E-state index in [1.165, 1.54) is 6.20 Å². The van der Waals surface area contributed by atoms with Crippen LogP contribution in [0.3, 0.4) is 0 Å². The fraction of sp³-hybridized carbons (Fsp3) is 0.231. The molecule has 5 heteroatoms. The standard InChI is InChI=1S/C13H12N2O3/c16-12-11(18-10-6-7-10)8-14-13(17)15(12)9-4-2-1-3-5-9/h1-5,8,10H,6-7H2,(H,14,17). The second kappa shape index (κ2) is 4.18. The van der Waals surface area contributed by atoms with Gasteiger partial charge in [-0.15, -0.1) is 0 Å². The van der Waals surface area contributed by atoms with Crippen molar-refractivity contribution >= 4 is 0 Å². The Bertz CT molecular complexity index is 669. The Morgan fingerprint density at radius 2 is 1.89 bits per heavy atom. The van der Waals surface area contributed by atoms with Gasteiger partial charge >= 0.3 is 11.2 Å². The quantitative estimate of drug-likeness (QED) is 0.878. The van der Waals surface area contributed by atoms with Crippen molar-refractivity contribution in [3.8, 4) is 11.4 Å². The minimum atomic E-state index is -0.464. The van der Waals surface area contributed by atoms with Gasteiger partial charge in [0.25, 0.3) is 0 Å². The summed E-state index contributed by atoms with van der Waals surface area (Å²) >= 11 is 0. The lowest BCUT2D eigenvalue weighted by Gasteiger charge is -2.07. The zero-order chi connectivity index (χ0) is 12.5. The summed E-state index contributed by atoms with van der Waals surface area (Å²) in [7, 11) is 0. The number of hydrogen-bond acceptors (Lipinski definition) is 3. The first-order valence-electron chi connectivity index (χ1n) is 5.82. The summed E-state index contributed by atoms with van der Waals surface area (Å²) in [5.74, 6) is 0.195. The first kappa shape index (κ1) is 10.8. The van der Waals surface area contributed by atoms with Crippen LogP contribution in [-0.2, 0) is 0 Å². The summed E-state index contributed by atoms with van der Waals surface area (Å²) in [5.41, 5.74) is -0.351. The lowest BCUT2D eigenvalue weighted by Crippen LogP contribution is -2.34. The van der Waals surface area contributed by atoms with Gasteiger partial charge in [-0.05, 0) is 25.0 Å². The Balaban J connectivity index is 2.13. The molecule has 1 aliphatic carbocycles. The fourth-order valence-corrected chi connectivity index (χ4v) is 1.72. The number of rotatable bonds is 3. The van der Waals surface area contributed by atoms with Crippen molar-refractivity contribution in [3.05, 3.63) is 57.4 Å². The molecule has 92 valence electrons. The lowest BCUT2D eigenvalue weighted by molar-refractivity contribution is 0.295. The first-order chi connectivity index (χ1) is 8.75. The molecule has 1 N–H and O–H groups in total. The van der Waals surface area contributed by atoms with E-state index in [0.717, 1.165) is 17.4 Å². The van der Waals surface area contributed by atoms with Crippen LogP contribution in [0.5, 0.6) is 5.75 Å². The molecule has 1 aromatic heterocycles. The van der Waals surface area contributed by atoms with Crippen molar-refractivity contribution < 1.29 is 4.74 Å². The number of benzene rings is 1. The van der Waals surface area contributed by atoms with Crippen molar-refractivity contribution in [2.45, 2.75) is 18.9 Å². The average Bonchev–Trinajstić information content (AvgIpc) is 3.18. The zero-order valence-electron chi connectivity index (χ0n) is 9.63. The van der Waals surface area contributed by atoms with Gasteiger partial charge in [0, 0.05) is 0 Å². The normalized spacial score (nSPS) is 14.4. The molecule has 2 aromatic rings. The van der Waals surface area contributed by atoms with Crippen LogP contribution in [-0.4, -0.2) is 15.7 Å². The van der Waals surface area contributed by atoms with E-state index >= 15 is 0 Å². The Kier molecular flexibility index (Phi) is 2.51. The molecule has 0 atom stereocenters. The second-order valence-corrected chi connectivity index (χ2v) is 4.25. The summed E-state index contributed by atoms with van der Waals surface area (Å²) < 4.78 is 6.55. The van der Waals surface area contributed by atoms with Gasteiger partial charge in [-0.25, -0.2) is 9.36 Å². The summed E-state index contributed by atoms with van der Waals surface area (Å²) in [5, 5.41) is 0. The molecular weight excluding hydrogens is 232 g/mol. The van der Waals surface area contributed by atoms with Crippen LogP contribution in [0.1, 0.15) is 12.8 Å². The van der Waals surface area contributed by atoms with Gasteiger partial charge in [0.2, 0.25) is 5.75 Å². The molecule has 0 radical (unpaired) electrons. The highest BCUT2D eigenvalue weighted by atomic mass is 16.5. The van der Waals surface area contributed by atoms with Gasteiger partial charge < -0.3 is 9.72 Å². The molecule has 0 spiro atoms. The van der Waals surface area contributed by atoms with E-state index < -0.39 is 11.2 Å². The number of nitrogens with zero attached hydrogens (tertiary/aromatic N) is 1. The number of aromatic nitrogens is 2. The Hall–Kier alpha value is -2.30. The SMILES string of the molecule is O=c1[nH]cc(OC2CC2)c(=O)n1-c1ccccc1. The molecule has 1 aromatic carbocycles. The number of ether oxygens (including phenoxy) is 1. The lowest BCUT2D eigenvalue weighted by atomic mass is 10.3. The van der Waals surface area contributed by atoms with E-state index in [4.69, 9.17) is 4.74 Å². The molecule has 1 heterocycles. The Morgan fingerprint density at radius 3 is 2.56 bits per heavy atom. The Morgan fingerprint density at radius 1 is 1.17 bits per heavy atom. The minimum absolute atomic E-state index is 0.118. The topological polar surface area (TPSA) is 64.1 Å². The predicted molar refractivity (Wildman–Crippen MR) is 66.3 cm³/mol. The van der Waals surface area contributed by atoms with E-state index in [1.54, 1.807) is 24.3 Å². The van der Waals surface area contributed by atoms with E-state index in [0.29, 0.717) is 5.69 Å². The van der Waals surface area contributed by atoms with Crippen LogP contribution >= 0.6 is 0 Å². The molecule has 0 bridgehead atoms. The third kappa shape index (κ3) is 1.95. The monoisotopic (exact) mass is 244 g/mol. The van der Waals surface area contributed by atoms with Crippen LogP contribution in [0.15, 0.2) is 46.1 Å². The summed E-state index contributed by atoms with van der Waals surface area (Å²) in [6.45, 7) is 0. The van der Waals surface area contributed by atoms with E-state index in [1.807, 2.05) is 6.07 Å². The molecule has 0 saturated heterocycles. The second-order valence-electron chi connectivity index (χ2n) is 4.25. The molecule has 1 fully saturated rings. The number of hydrogen-bond donors (Lipinski definition) is 1. The van der Waals surface area contributed by atoms with E-state index in [2.05, 4.69) is 4.98 Å². The maximum atomic E-state index is 12.2. The number of para-hydroxylation sites is 1. The van der Waals surface area contributed by atoms with Crippen LogP contribution in [0, 0.1) is 0 Å². The highest BCUT2D eigenvalue weighted by molar-refractivity contribution is 5.32. The van der Waals surface area contributed by atoms with Gasteiger partial charge in [-0.1, -0.05) is 18.2 Å². The van der Waals surface area contributed by atoms with Crippen molar-refractivity contribution in [3.63, 3.8) is 0 Å². The third-order valence-electron chi connectivity index (χ3n) is 2.78. The number of aromatic amines is 1. The summed E-state index contributed by atoms with van der Waals surface area (Å²) in [6, 6.07) is 8.79. The fourth-order valence-electron chi connectivity index (χ4n) is 1.72. The molecule has 0 aliphatic heterocycles. The van der Waals surface area contributed by atoms with Crippen LogP contribution in [0.4, 0.5) is 0 Å². The highest BCUT2D eigenvalue weighted by Crippen LogP contribution is 2.24. The predicted octanol–water partition coefficient (Wildman–Crippen LogP) is 1.07. The zero-order valence-corrected chi connectivity index (χ0v) is 9.63. The molecule has 3 rings (SSSR count). The minimum Gasteiger partial charge on any atom is -0.483 e. The molecule has 1 saturated carbocycles. The van der Waals surface area contributed by atoms with Crippen molar-refractivity contribution in [2.75, 3.05) is 0 Å². The summed E-state index contributed by atoms with van der Waals surface area (Å²) in [6.07, 6.45) is 3.38. The van der Waals surface area contributed by atoms with Gasteiger partial charge in [0.05, 0.1) is 18.0 Å². The smallest absolute Gasteiger partial charge is 0.333 e. The van der Waals surface area contributed by atoms with Crippen LogP contribution in [0.25, 0.3) is 5.69 Å². The molecule has 1 aliphatic rings. The van der Waals surface area contributed by atoms with Gasteiger partial charge in [-0.3, -0.25) is 4.79 Å². The van der Waals surface area contributed by atoms with Gasteiger partial charge in [0.1, 0.15) is 0 Å². The van der Waals surface area contributed by atoms with Crippen molar-refractivity contribution in [1.29, 1.82) is 0 Å². The molecule has 0 unspecified atom stereocenters. The van der Waals surface area contributed by atoms with Crippen LogP contribution < -0.4 is 16.0 Å². The number of H-pyrrole nitrogens is 1. The molecule has 5 nitrogen and oxygen atoms in total. The highest BCUT2D eigenvalue weighted by Gasteiger charge is 2.25. The van der Waals surface area contributed by atoms with Crippen molar-refractivity contribution in [1.82, 2.24) is 9.55 Å². The molecule has 0 amide bonds. The molecule has 18 heavy (non-hydrogen) atoms. The van der Waals surface area contributed by atoms with E-state index in [9.17, 15) is 9.59 Å². The first-order valence-corrected chi connectivity index (χ1v) is 5.82.